The molecule has 0 aromatic carbocycles. The fourth-order valence-corrected chi connectivity index (χ4v) is 1.64. The molecule has 1 rings (SSSR count). The van der Waals surface area contributed by atoms with Gasteiger partial charge in [0.1, 0.15) is 17.4 Å². The van der Waals surface area contributed by atoms with Crippen molar-refractivity contribution in [3.05, 3.63) is 27.2 Å². The molecule has 5 nitrogen and oxygen atoms in total. The van der Waals surface area contributed by atoms with Crippen LogP contribution in [0.2, 0.25) is 0 Å². The summed E-state index contributed by atoms with van der Waals surface area (Å²) in [4.78, 5) is 11.7. The highest BCUT2D eigenvalue weighted by molar-refractivity contribution is 14.1. The van der Waals surface area contributed by atoms with Crippen LogP contribution in [0.1, 0.15) is 12.2 Å². The highest BCUT2D eigenvalue weighted by atomic mass is 127. The number of methoxy groups -OCH3 is 1. The number of halogens is 1. The quantitative estimate of drug-likeness (QED) is 0.364. The van der Waals surface area contributed by atoms with Crippen LogP contribution >= 0.6 is 22.6 Å². The summed E-state index contributed by atoms with van der Waals surface area (Å²) in [7, 11) is 1.60. The van der Waals surface area contributed by atoms with E-state index in [0.29, 0.717) is 29.1 Å². The zero-order valence-corrected chi connectivity index (χ0v) is 12.1. The molecule has 0 atom stereocenters. The number of furan rings is 1. The minimum absolute atomic E-state index is 0.0261. The summed E-state index contributed by atoms with van der Waals surface area (Å²) in [6, 6.07) is 5.32. The van der Waals surface area contributed by atoms with Gasteiger partial charge in [-0.25, -0.2) is 0 Å². The fraction of sp³-hybridized carbons (Fsp3) is 0.333. The van der Waals surface area contributed by atoms with Crippen molar-refractivity contribution in [2.75, 3.05) is 20.3 Å². The van der Waals surface area contributed by atoms with Crippen molar-refractivity contribution in [2.24, 2.45) is 0 Å². The van der Waals surface area contributed by atoms with Gasteiger partial charge in [-0.3, -0.25) is 4.79 Å². The molecule has 1 heterocycles. The number of hydrogen-bond donors (Lipinski definition) is 1. The molecule has 0 fully saturated rings. The first kappa shape index (κ1) is 14.7. The van der Waals surface area contributed by atoms with E-state index in [1.807, 2.05) is 28.7 Å². The molecule has 96 valence electrons. The van der Waals surface area contributed by atoms with Gasteiger partial charge in [0, 0.05) is 26.3 Å². The van der Waals surface area contributed by atoms with Crippen LogP contribution in [-0.4, -0.2) is 26.2 Å². The average molecular weight is 360 g/mol. The Labute approximate surface area is 119 Å². The highest BCUT2D eigenvalue weighted by Crippen LogP contribution is 2.13. The van der Waals surface area contributed by atoms with Crippen LogP contribution in [0.3, 0.4) is 0 Å². The first-order valence-electron chi connectivity index (χ1n) is 5.31. The number of hydrogen-bond acceptors (Lipinski definition) is 4. The maximum Gasteiger partial charge on any atom is 0.262 e. The third-order valence-corrected chi connectivity index (χ3v) is 2.64. The normalized spacial score (nSPS) is 11.1. The summed E-state index contributed by atoms with van der Waals surface area (Å²) in [6.07, 6.45) is 2.13. The Morgan fingerprint density at radius 3 is 3.00 bits per heavy atom. The Morgan fingerprint density at radius 1 is 1.67 bits per heavy atom. The number of nitrogens with zero attached hydrogens (tertiary/aromatic N) is 1. The second-order valence-electron chi connectivity index (χ2n) is 3.41. The predicted octanol–water partition coefficient (Wildman–Crippen LogP) is 1.94. The Morgan fingerprint density at radius 2 is 2.44 bits per heavy atom. The topological polar surface area (TPSA) is 75.3 Å². The van der Waals surface area contributed by atoms with Crippen LogP contribution in [0.5, 0.6) is 0 Å². The summed E-state index contributed by atoms with van der Waals surface area (Å²) < 4.78 is 10.8. The molecular weight excluding hydrogens is 347 g/mol. The van der Waals surface area contributed by atoms with Gasteiger partial charge in [-0.1, -0.05) is 0 Å². The van der Waals surface area contributed by atoms with Gasteiger partial charge in [0.25, 0.3) is 5.91 Å². The van der Waals surface area contributed by atoms with Crippen molar-refractivity contribution in [3.63, 3.8) is 0 Å². The Kier molecular flexibility index (Phi) is 6.46. The summed E-state index contributed by atoms with van der Waals surface area (Å²) in [6.45, 7) is 1.05. The number of nitrogens with one attached hydrogen (secondary N) is 1. The number of carbonyl (C=O) groups is 1. The molecule has 1 amide bonds. The predicted molar refractivity (Wildman–Crippen MR) is 74.5 cm³/mol. The van der Waals surface area contributed by atoms with Crippen molar-refractivity contribution >= 4 is 34.6 Å². The van der Waals surface area contributed by atoms with Crippen LogP contribution in [-0.2, 0) is 9.53 Å². The first-order valence-corrected chi connectivity index (χ1v) is 6.39. The van der Waals surface area contributed by atoms with E-state index >= 15 is 0 Å². The van der Waals surface area contributed by atoms with Crippen molar-refractivity contribution in [2.45, 2.75) is 6.42 Å². The molecule has 0 bridgehead atoms. The van der Waals surface area contributed by atoms with Gasteiger partial charge < -0.3 is 14.5 Å². The third kappa shape index (κ3) is 4.89. The zero-order valence-electron chi connectivity index (χ0n) is 9.90. The molecule has 1 N–H and O–H groups in total. The highest BCUT2D eigenvalue weighted by Gasteiger charge is 2.09. The molecule has 0 saturated heterocycles. The molecule has 6 heteroatoms. The maximum absolute atomic E-state index is 11.7. The van der Waals surface area contributed by atoms with Crippen molar-refractivity contribution in [3.8, 4) is 6.07 Å². The van der Waals surface area contributed by atoms with E-state index in [2.05, 4.69) is 5.32 Å². The lowest BCUT2D eigenvalue weighted by atomic mass is 10.2. The van der Waals surface area contributed by atoms with Crippen LogP contribution in [0.4, 0.5) is 0 Å². The molecule has 0 aliphatic rings. The second kappa shape index (κ2) is 7.89. The van der Waals surface area contributed by atoms with E-state index in [4.69, 9.17) is 14.4 Å². The summed E-state index contributed by atoms with van der Waals surface area (Å²) in [5.74, 6) is 0.0861. The molecule has 0 unspecified atom stereocenters. The number of carbonyl (C=O) groups excluding carboxylic acids is 1. The minimum Gasteiger partial charge on any atom is -0.451 e. The van der Waals surface area contributed by atoms with Crippen LogP contribution in [0.15, 0.2) is 22.1 Å². The standard InChI is InChI=1S/C12H13IN2O3/c1-17-6-2-5-15-12(16)9(8-14)7-10-3-4-11(13)18-10/h3-4,7H,2,5-6H2,1H3,(H,15,16)/b9-7+. The van der Waals surface area contributed by atoms with E-state index < -0.39 is 5.91 Å². The lowest BCUT2D eigenvalue weighted by Gasteiger charge is -2.02. The number of amides is 1. The molecule has 1 aromatic rings. The molecule has 0 radical (unpaired) electrons. The molecule has 0 aliphatic heterocycles. The lowest BCUT2D eigenvalue weighted by Crippen LogP contribution is -2.26. The van der Waals surface area contributed by atoms with E-state index in [0.717, 1.165) is 0 Å². The number of nitriles is 1. The molecular formula is C12H13IN2O3. The Bertz CT molecular complexity index is 474. The molecule has 0 spiro atoms. The van der Waals surface area contributed by atoms with E-state index in [9.17, 15) is 4.79 Å². The lowest BCUT2D eigenvalue weighted by molar-refractivity contribution is -0.117. The van der Waals surface area contributed by atoms with Gasteiger partial charge in [-0.05, 0) is 41.1 Å². The van der Waals surface area contributed by atoms with Gasteiger partial charge >= 0.3 is 0 Å². The Hall–Kier alpha value is -1.33. The number of rotatable bonds is 6. The smallest absolute Gasteiger partial charge is 0.262 e. The zero-order chi connectivity index (χ0) is 13.4. The van der Waals surface area contributed by atoms with Gasteiger partial charge in [0.05, 0.1) is 0 Å². The van der Waals surface area contributed by atoms with Crippen LogP contribution in [0, 0.1) is 15.1 Å². The van der Waals surface area contributed by atoms with E-state index in [1.54, 1.807) is 19.2 Å². The molecule has 1 aromatic heterocycles. The monoisotopic (exact) mass is 360 g/mol. The summed E-state index contributed by atoms with van der Waals surface area (Å²) >= 11 is 2.02. The average Bonchev–Trinajstić information content (AvgIpc) is 2.77. The van der Waals surface area contributed by atoms with Gasteiger partial charge in [-0.15, -0.1) is 0 Å². The largest absolute Gasteiger partial charge is 0.451 e. The summed E-state index contributed by atoms with van der Waals surface area (Å²) in [5, 5.41) is 11.6. The fourth-order valence-electron chi connectivity index (χ4n) is 1.21. The van der Waals surface area contributed by atoms with Gasteiger partial charge in [0.15, 0.2) is 3.77 Å². The van der Waals surface area contributed by atoms with Crippen LogP contribution < -0.4 is 5.32 Å². The SMILES string of the molecule is COCCCNC(=O)/C(C#N)=C/c1ccc(I)o1. The summed E-state index contributed by atoms with van der Waals surface area (Å²) in [5.41, 5.74) is 0.0261. The van der Waals surface area contributed by atoms with Gasteiger partial charge in [0.2, 0.25) is 0 Å². The van der Waals surface area contributed by atoms with Crippen molar-refractivity contribution < 1.29 is 13.9 Å². The van der Waals surface area contributed by atoms with Gasteiger partial charge in [-0.2, -0.15) is 5.26 Å². The second-order valence-corrected chi connectivity index (χ2v) is 4.48. The van der Waals surface area contributed by atoms with Crippen LogP contribution in [0.25, 0.3) is 6.08 Å². The van der Waals surface area contributed by atoms with E-state index in [1.165, 1.54) is 6.08 Å². The van der Waals surface area contributed by atoms with Crippen molar-refractivity contribution in [1.29, 1.82) is 5.26 Å². The van der Waals surface area contributed by atoms with Crippen molar-refractivity contribution in [1.82, 2.24) is 5.32 Å². The number of ether oxygens (including phenoxy) is 1. The van der Waals surface area contributed by atoms with E-state index in [-0.39, 0.29) is 5.57 Å². The molecule has 0 saturated carbocycles. The first-order chi connectivity index (χ1) is 8.67. The Balaban J connectivity index is 2.58. The minimum atomic E-state index is -0.403. The molecule has 0 aliphatic carbocycles. The maximum atomic E-state index is 11.7. The molecule has 18 heavy (non-hydrogen) atoms. The third-order valence-electron chi connectivity index (χ3n) is 2.06.